The number of anilines is 1. The number of benzene rings is 3. The van der Waals surface area contributed by atoms with Gasteiger partial charge in [0.05, 0.1) is 0 Å². The first-order valence-electron chi connectivity index (χ1n) is 9.51. The van der Waals surface area contributed by atoms with Crippen molar-refractivity contribution < 1.29 is 14.3 Å². The quantitative estimate of drug-likeness (QED) is 0.366. The molecule has 0 unspecified atom stereocenters. The van der Waals surface area contributed by atoms with E-state index in [1.54, 1.807) is 42.5 Å². The van der Waals surface area contributed by atoms with Crippen LogP contribution < -0.4 is 4.90 Å². The second kappa shape index (κ2) is 8.17. The topological polar surface area (TPSA) is 59.0 Å². The van der Waals surface area contributed by atoms with Crippen molar-refractivity contribution in [3.63, 3.8) is 0 Å². The van der Waals surface area contributed by atoms with Crippen molar-refractivity contribution in [1.82, 2.24) is 0 Å². The second-order valence-corrected chi connectivity index (χ2v) is 7.09. The Labute approximate surface area is 174 Å². The van der Waals surface area contributed by atoms with Crippen LogP contribution in [0.5, 0.6) is 0 Å². The molecule has 0 fully saturated rings. The normalized spacial score (nSPS) is 14.4. The predicted octanol–water partition coefficient (Wildman–Crippen LogP) is 4.33. The molecule has 0 N–H and O–H groups in total. The Hall–Kier alpha value is -3.99. The highest BCUT2D eigenvalue weighted by atomic mass is 16.6. The lowest BCUT2D eigenvalue weighted by atomic mass is 10.0. The molecule has 0 spiro atoms. The van der Waals surface area contributed by atoms with Crippen LogP contribution in [0.1, 0.15) is 27.0 Å². The van der Waals surface area contributed by atoms with Crippen molar-refractivity contribution >= 4 is 29.4 Å². The average molecular weight is 396 g/mol. The molecule has 0 aliphatic carbocycles. The van der Waals surface area contributed by atoms with Gasteiger partial charge in [-0.25, -0.2) is 9.79 Å². The molecule has 3 aromatic rings. The van der Waals surface area contributed by atoms with Gasteiger partial charge in [-0.1, -0.05) is 54.6 Å². The number of aliphatic imine (C=N–C) groups is 1. The fourth-order valence-electron chi connectivity index (χ4n) is 3.08. The van der Waals surface area contributed by atoms with Crippen LogP contribution in [0, 0.1) is 0 Å². The minimum Gasteiger partial charge on any atom is -0.402 e. The van der Waals surface area contributed by atoms with E-state index in [9.17, 15) is 9.59 Å². The zero-order valence-electron chi connectivity index (χ0n) is 16.7. The van der Waals surface area contributed by atoms with Crippen molar-refractivity contribution in [1.29, 1.82) is 0 Å². The lowest BCUT2D eigenvalue weighted by Crippen LogP contribution is -2.08. The molecule has 0 radical (unpaired) electrons. The molecule has 30 heavy (non-hydrogen) atoms. The standard InChI is InChI=1S/C25H20N2O3/c1-27(2)21-14-8-17(9-15-21)16-22-25(29)30-24(26-22)20-12-10-19(11-13-20)23(28)18-6-4-3-5-7-18/h3-16H,1-2H3/b22-16+. The molecule has 0 atom stereocenters. The summed E-state index contributed by atoms with van der Waals surface area (Å²) >= 11 is 0. The Morgan fingerprint density at radius 2 is 1.50 bits per heavy atom. The largest absolute Gasteiger partial charge is 0.402 e. The molecule has 4 rings (SSSR count). The SMILES string of the molecule is CN(C)c1ccc(/C=C2/N=C(c3ccc(C(=O)c4ccccc4)cc3)OC2=O)cc1. The molecule has 0 saturated heterocycles. The van der Waals surface area contributed by atoms with Crippen LogP contribution in [0.4, 0.5) is 5.69 Å². The maximum Gasteiger partial charge on any atom is 0.363 e. The van der Waals surface area contributed by atoms with Crippen LogP contribution in [0.25, 0.3) is 6.08 Å². The first-order valence-corrected chi connectivity index (χ1v) is 9.51. The number of carbonyl (C=O) groups is 2. The highest BCUT2D eigenvalue weighted by Gasteiger charge is 2.24. The maximum absolute atomic E-state index is 12.5. The van der Waals surface area contributed by atoms with E-state index >= 15 is 0 Å². The first-order chi connectivity index (χ1) is 14.5. The molecule has 3 aromatic carbocycles. The van der Waals surface area contributed by atoms with Gasteiger partial charge >= 0.3 is 5.97 Å². The average Bonchev–Trinajstić information content (AvgIpc) is 3.14. The molecule has 1 aliphatic heterocycles. The van der Waals surface area contributed by atoms with Gasteiger partial charge in [0.2, 0.25) is 5.90 Å². The van der Waals surface area contributed by atoms with Crippen molar-refractivity contribution in [2.24, 2.45) is 4.99 Å². The predicted molar refractivity (Wildman–Crippen MR) is 118 cm³/mol. The van der Waals surface area contributed by atoms with Crippen molar-refractivity contribution in [3.05, 3.63) is 107 Å². The fourth-order valence-corrected chi connectivity index (χ4v) is 3.08. The molecule has 148 valence electrons. The van der Waals surface area contributed by atoms with E-state index in [0.29, 0.717) is 16.7 Å². The minimum atomic E-state index is -0.494. The Bertz CT molecular complexity index is 1140. The number of ether oxygens (including phenoxy) is 1. The van der Waals surface area contributed by atoms with Crippen LogP contribution in [-0.2, 0) is 9.53 Å². The molecule has 0 aromatic heterocycles. The minimum absolute atomic E-state index is 0.0609. The third kappa shape index (κ3) is 4.05. The number of carbonyl (C=O) groups excluding carboxylic acids is 2. The van der Waals surface area contributed by atoms with Crippen LogP contribution in [0.15, 0.2) is 89.6 Å². The Morgan fingerprint density at radius 3 is 2.13 bits per heavy atom. The van der Waals surface area contributed by atoms with Crippen LogP contribution in [0.3, 0.4) is 0 Å². The van der Waals surface area contributed by atoms with E-state index in [-0.39, 0.29) is 17.4 Å². The molecule has 1 heterocycles. The van der Waals surface area contributed by atoms with Gasteiger partial charge < -0.3 is 9.64 Å². The third-order valence-corrected chi connectivity index (χ3v) is 4.76. The van der Waals surface area contributed by atoms with Gasteiger partial charge in [0.15, 0.2) is 11.5 Å². The smallest absolute Gasteiger partial charge is 0.363 e. The first kappa shape index (κ1) is 19.3. The summed E-state index contributed by atoms with van der Waals surface area (Å²) in [7, 11) is 3.94. The summed E-state index contributed by atoms with van der Waals surface area (Å²) in [4.78, 5) is 31.1. The highest BCUT2D eigenvalue weighted by Crippen LogP contribution is 2.21. The summed E-state index contributed by atoms with van der Waals surface area (Å²) in [5, 5.41) is 0. The van der Waals surface area contributed by atoms with E-state index in [0.717, 1.165) is 11.3 Å². The van der Waals surface area contributed by atoms with Gasteiger partial charge in [-0.15, -0.1) is 0 Å². The summed E-state index contributed by atoms with van der Waals surface area (Å²) in [6.07, 6.45) is 1.70. The summed E-state index contributed by atoms with van der Waals surface area (Å²) in [5.41, 5.74) is 4.00. The Morgan fingerprint density at radius 1 is 0.867 bits per heavy atom. The summed E-state index contributed by atoms with van der Waals surface area (Å²) in [6.45, 7) is 0. The number of cyclic esters (lactones) is 1. The van der Waals surface area contributed by atoms with Crippen LogP contribution in [-0.4, -0.2) is 31.7 Å². The number of rotatable bonds is 5. The Balaban J connectivity index is 1.54. The lowest BCUT2D eigenvalue weighted by molar-refractivity contribution is -0.129. The van der Waals surface area contributed by atoms with E-state index < -0.39 is 5.97 Å². The number of hydrogen-bond acceptors (Lipinski definition) is 5. The van der Waals surface area contributed by atoms with Crippen molar-refractivity contribution in [3.8, 4) is 0 Å². The number of hydrogen-bond donors (Lipinski definition) is 0. The van der Waals surface area contributed by atoms with Crippen molar-refractivity contribution in [2.45, 2.75) is 0 Å². The molecule has 0 amide bonds. The zero-order chi connectivity index (χ0) is 21.1. The molecule has 5 heteroatoms. The number of esters is 1. The summed E-state index contributed by atoms with van der Waals surface area (Å²) in [6, 6.07) is 23.8. The van der Waals surface area contributed by atoms with Crippen LogP contribution >= 0.6 is 0 Å². The number of ketones is 1. The Kier molecular flexibility index (Phi) is 5.26. The van der Waals surface area contributed by atoms with E-state index in [4.69, 9.17) is 4.74 Å². The highest BCUT2D eigenvalue weighted by molar-refractivity contribution is 6.13. The molecule has 5 nitrogen and oxygen atoms in total. The van der Waals surface area contributed by atoms with Gasteiger partial charge in [-0.3, -0.25) is 4.79 Å². The molecular weight excluding hydrogens is 376 g/mol. The number of nitrogens with zero attached hydrogens (tertiary/aromatic N) is 2. The van der Waals surface area contributed by atoms with Gasteiger partial charge in [0.1, 0.15) is 0 Å². The van der Waals surface area contributed by atoms with Gasteiger partial charge in [0, 0.05) is 36.5 Å². The monoisotopic (exact) mass is 396 g/mol. The van der Waals surface area contributed by atoms with Gasteiger partial charge in [0.25, 0.3) is 0 Å². The third-order valence-electron chi connectivity index (χ3n) is 4.76. The van der Waals surface area contributed by atoms with Crippen molar-refractivity contribution in [2.75, 3.05) is 19.0 Å². The molecule has 0 saturated carbocycles. The molecule has 0 bridgehead atoms. The second-order valence-electron chi connectivity index (χ2n) is 7.09. The van der Waals surface area contributed by atoms with E-state index in [2.05, 4.69) is 4.99 Å². The van der Waals surface area contributed by atoms with E-state index in [1.807, 2.05) is 61.5 Å². The van der Waals surface area contributed by atoms with E-state index in [1.165, 1.54) is 0 Å². The lowest BCUT2D eigenvalue weighted by Gasteiger charge is -2.11. The van der Waals surface area contributed by atoms with Gasteiger partial charge in [-0.2, -0.15) is 0 Å². The summed E-state index contributed by atoms with van der Waals surface area (Å²) in [5.74, 6) is -0.324. The molecule has 1 aliphatic rings. The van der Waals surface area contributed by atoms with Gasteiger partial charge in [-0.05, 0) is 35.9 Å². The molecular formula is C25H20N2O3. The zero-order valence-corrected chi connectivity index (χ0v) is 16.7. The maximum atomic E-state index is 12.5. The summed E-state index contributed by atoms with van der Waals surface area (Å²) < 4.78 is 5.33. The fraction of sp³-hybridized carbons (Fsp3) is 0.0800. The van der Waals surface area contributed by atoms with Crippen LogP contribution in [0.2, 0.25) is 0 Å².